The molecule has 0 unspecified atom stereocenters. The highest BCUT2D eigenvalue weighted by molar-refractivity contribution is 6.06. The molecule has 1 amide bonds. The topological polar surface area (TPSA) is 90.1 Å². The van der Waals surface area contributed by atoms with E-state index in [1.165, 1.54) is 0 Å². The van der Waals surface area contributed by atoms with Crippen LogP contribution in [0.1, 0.15) is 51.4 Å². The van der Waals surface area contributed by atoms with Crippen LogP contribution in [0.2, 0.25) is 0 Å². The van der Waals surface area contributed by atoms with Crippen LogP contribution in [-0.4, -0.2) is 24.2 Å². The number of furan rings is 1. The van der Waals surface area contributed by atoms with Crippen LogP contribution in [0.4, 0.5) is 0 Å². The van der Waals surface area contributed by atoms with E-state index in [1.807, 2.05) is 57.2 Å². The Morgan fingerprint density at radius 1 is 1.00 bits per heavy atom. The highest BCUT2D eigenvalue weighted by atomic mass is 16.5. The Bertz CT molecular complexity index is 1190. The van der Waals surface area contributed by atoms with E-state index in [0.717, 1.165) is 23.1 Å². The van der Waals surface area contributed by atoms with Gasteiger partial charge in [-0.15, -0.1) is 0 Å². The summed E-state index contributed by atoms with van der Waals surface area (Å²) in [6.45, 7) is 5.55. The van der Waals surface area contributed by atoms with Crippen molar-refractivity contribution in [2.75, 3.05) is 6.61 Å². The molecule has 0 atom stereocenters. The van der Waals surface area contributed by atoms with Crippen molar-refractivity contribution in [3.8, 4) is 11.5 Å². The average molecular weight is 447 g/mol. The number of carbonyl (C=O) groups is 2. The lowest BCUT2D eigenvalue weighted by molar-refractivity contribution is -0.123. The van der Waals surface area contributed by atoms with Crippen LogP contribution >= 0.6 is 0 Å². The molecule has 0 spiro atoms. The molecule has 33 heavy (non-hydrogen) atoms. The number of nitrogens with one attached hydrogen (secondary N) is 1. The van der Waals surface area contributed by atoms with E-state index in [1.54, 1.807) is 12.1 Å². The molecule has 7 heteroatoms. The van der Waals surface area contributed by atoms with Crippen molar-refractivity contribution in [2.24, 2.45) is 5.10 Å². The second-order valence-corrected chi connectivity index (χ2v) is 8.12. The summed E-state index contributed by atoms with van der Waals surface area (Å²) < 4.78 is 16.9. The number of amides is 1. The minimum atomic E-state index is -0.549. The number of hydrogen-bond donors (Lipinski definition) is 1. The predicted molar refractivity (Wildman–Crippen MR) is 124 cm³/mol. The second-order valence-electron chi connectivity index (χ2n) is 8.12. The van der Waals surface area contributed by atoms with Gasteiger partial charge in [0, 0.05) is 17.5 Å². The van der Waals surface area contributed by atoms with Crippen molar-refractivity contribution < 1.29 is 23.5 Å². The van der Waals surface area contributed by atoms with E-state index in [0.29, 0.717) is 41.4 Å². The van der Waals surface area contributed by atoms with Gasteiger partial charge >= 0.3 is 5.97 Å². The number of ether oxygens (including phenoxy) is 2. The lowest BCUT2D eigenvalue weighted by atomic mass is 9.93. The maximum Gasteiger partial charge on any atom is 0.379 e. The van der Waals surface area contributed by atoms with Crippen LogP contribution < -0.4 is 14.9 Å². The van der Waals surface area contributed by atoms with Gasteiger partial charge in [0.25, 0.3) is 5.91 Å². The summed E-state index contributed by atoms with van der Waals surface area (Å²) in [7, 11) is 0. The minimum Gasteiger partial charge on any atom is -0.484 e. The third-order valence-electron chi connectivity index (χ3n) is 5.35. The summed E-state index contributed by atoms with van der Waals surface area (Å²) in [5.74, 6) is 1.01. The molecular weight excluding hydrogens is 420 g/mol. The molecule has 1 heterocycles. The van der Waals surface area contributed by atoms with Crippen molar-refractivity contribution >= 4 is 17.6 Å². The zero-order chi connectivity index (χ0) is 23.4. The fourth-order valence-corrected chi connectivity index (χ4v) is 3.95. The van der Waals surface area contributed by atoms with Crippen LogP contribution in [0.3, 0.4) is 0 Å². The Morgan fingerprint density at radius 3 is 2.45 bits per heavy atom. The largest absolute Gasteiger partial charge is 0.484 e. The van der Waals surface area contributed by atoms with Crippen molar-refractivity contribution in [1.82, 2.24) is 5.43 Å². The summed E-state index contributed by atoms with van der Waals surface area (Å²) in [6.07, 6.45) is 2.16. The third-order valence-corrected chi connectivity index (χ3v) is 5.35. The molecule has 0 bridgehead atoms. The average Bonchev–Trinajstić information content (AvgIpc) is 3.13. The molecule has 0 saturated heterocycles. The Morgan fingerprint density at radius 2 is 1.73 bits per heavy atom. The molecule has 0 radical (unpaired) electrons. The number of benzene rings is 2. The van der Waals surface area contributed by atoms with E-state index in [2.05, 4.69) is 10.5 Å². The summed E-state index contributed by atoms with van der Waals surface area (Å²) in [4.78, 5) is 25.0. The third kappa shape index (κ3) is 5.31. The first-order chi connectivity index (χ1) is 15.9. The number of nitrogens with zero attached hydrogens (tertiary/aromatic N) is 1. The van der Waals surface area contributed by atoms with Crippen LogP contribution in [0.25, 0.3) is 0 Å². The Kier molecular flexibility index (Phi) is 6.58. The zero-order valence-corrected chi connectivity index (χ0v) is 18.9. The Hall–Kier alpha value is -3.87. The van der Waals surface area contributed by atoms with Gasteiger partial charge in [0.15, 0.2) is 6.61 Å². The van der Waals surface area contributed by atoms with Crippen LogP contribution in [0.15, 0.2) is 58.0 Å². The van der Waals surface area contributed by atoms with E-state index < -0.39 is 5.97 Å². The van der Waals surface area contributed by atoms with Gasteiger partial charge in [0.2, 0.25) is 5.76 Å². The van der Waals surface area contributed by atoms with Gasteiger partial charge in [-0.05, 0) is 69.0 Å². The molecule has 1 aliphatic rings. The molecule has 2 aromatic carbocycles. The molecule has 1 aliphatic carbocycles. The van der Waals surface area contributed by atoms with Crippen molar-refractivity contribution in [3.05, 3.63) is 82.3 Å². The molecule has 170 valence electrons. The number of hydrazone groups is 1. The first-order valence-corrected chi connectivity index (χ1v) is 10.9. The van der Waals surface area contributed by atoms with Crippen molar-refractivity contribution in [3.63, 3.8) is 0 Å². The van der Waals surface area contributed by atoms with Crippen molar-refractivity contribution in [1.29, 1.82) is 0 Å². The molecule has 4 rings (SSSR count). The lowest BCUT2D eigenvalue weighted by Crippen LogP contribution is -2.27. The molecule has 1 aromatic heterocycles. The molecular formula is C26H26N2O5. The molecule has 7 nitrogen and oxygen atoms in total. The first kappa shape index (κ1) is 22.3. The molecule has 0 saturated carbocycles. The summed E-state index contributed by atoms with van der Waals surface area (Å²) in [5, 5.41) is 4.30. The summed E-state index contributed by atoms with van der Waals surface area (Å²) in [6, 6.07) is 14.7. The van der Waals surface area contributed by atoms with Gasteiger partial charge in [-0.25, -0.2) is 10.2 Å². The van der Waals surface area contributed by atoms with E-state index >= 15 is 0 Å². The first-order valence-electron chi connectivity index (χ1n) is 10.9. The van der Waals surface area contributed by atoms with Crippen LogP contribution in [-0.2, 0) is 11.2 Å². The fourth-order valence-electron chi connectivity index (χ4n) is 3.95. The van der Waals surface area contributed by atoms with E-state index in [4.69, 9.17) is 13.9 Å². The summed E-state index contributed by atoms with van der Waals surface area (Å²) in [5.41, 5.74) is 6.66. The normalized spacial score (nSPS) is 14.0. The number of aryl methyl sites for hydroxylation is 3. The van der Waals surface area contributed by atoms with Gasteiger partial charge in [0.05, 0.1) is 5.71 Å². The smallest absolute Gasteiger partial charge is 0.379 e. The molecule has 3 aromatic rings. The number of fused-ring (bicyclic) bond motifs is 1. The molecule has 0 fully saturated rings. The Labute approximate surface area is 192 Å². The fraction of sp³-hybridized carbons (Fsp3) is 0.269. The van der Waals surface area contributed by atoms with Gasteiger partial charge in [0.1, 0.15) is 17.3 Å². The number of hydrogen-bond acceptors (Lipinski definition) is 6. The number of carbonyl (C=O) groups excluding carboxylic acids is 2. The minimum absolute atomic E-state index is 0.147. The van der Waals surface area contributed by atoms with Gasteiger partial charge < -0.3 is 13.9 Å². The monoisotopic (exact) mass is 446 g/mol. The number of para-hydroxylation sites is 1. The van der Waals surface area contributed by atoms with E-state index in [-0.39, 0.29) is 18.3 Å². The molecule has 1 N–H and O–H groups in total. The van der Waals surface area contributed by atoms with Crippen molar-refractivity contribution in [2.45, 2.75) is 40.0 Å². The van der Waals surface area contributed by atoms with Crippen LogP contribution in [0.5, 0.6) is 11.5 Å². The SMILES string of the molecule is Cc1cc(C)cc(OC(=O)c2oc3c(c2C)/C(=N/NC(=O)COc2ccccc2)CCC3)c1. The highest BCUT2D eigenvalue weighted by Gasteiger charge is 2.29. The maximum atomic E-state index is 12.8. The zero-order valence-electron chi connectivity index (χ0n) is 18.9. The highest BCUT2D eigenvalue weighted by Crippen LogP contribution is 2.30. The second kappa shape index (κ2) is 9.73. The van der Waals surface area contributed by atoms with Gasteiger partial charge in [-0.3, -0.25) is 4.79 Å². The molecule has 0 aliphatic heterocycles. The van der Waals surface area contributed by atoms with E-state index in [9.17, 15) is 9.59 Å². The van der Waals surface area contributed by atoms with Gasteiger partial charge in [-0.2, -0.15) is 5.10 Å². The predicted octanol–water partition coefficient (Wildman–Crippen LogP) is 4.66. The maximum absolute atomic E-state index is 12.8. The Balaban J connectivity index is 1.47. The number of rotatable bonds is 6. The van der Waals surface area contributed by atoms with Crippen LogP contribution in [0, 0.1) is 20.8 Å². The quantitative estimate of drug-likeness (QED) is 0.338. The lowest BCUT2D eigenvalue weighted by Gasteiger charge is -2.13. The summed E-state index contributed by atoms with van der Waals surface area (Å²) >= 11 is 0. The number of esters is 1. The standard InChI is InChI=1S/C26H26N2O5/c1-16-12-17(2)14-20(13-16)32-26(30)25-18(3)24-21(10-7-11-22(24)33-25)27-28-23(29)15-31-19-8-5-4-6-9-19/h4-6,8-9,12-14H,7,10-11,15H2,1-3H3,(H,28,29)/b27-21+. The van der Waals surface area contributed by atoms with Gasteiger partial charge in [-0.1, -0.05) is 24.3 Å².